The highest BCUT2D eigenvalue weighted by atomic mass is 15.4. The lowest BCUT2D eigenvalue weighted by atomic mass is 9.60. The van der Waals surface area contributed by atoms with Gasteiger partial charge < -0.3 is 4.90 Å². The summed E-state index contributed by atoms with van der Waals surface area (Å²) in [6.07, 6.45) is 24.2. The third kappa shape index (κ3) is 6.56. The van der Waals surface area contributed by atoms with Gasteiger partial charge in [0.1, 0.15) is 0 Å². The summed E-state index contributed by atoms with van der Waals surface area (Å²) in [6, 6.07) is 61.1. The Morgan fingerprint density at radius 1 is 0.585 bits per heavy atom. The third-order valence-corrected chi connectivity index (χ3v) is 14.8. The predicted molar refractivity (Wildman–Crippen MR) is 270 cm³/mol. The van der Waals surface area contributed by atoms with Crippen molar-refractivity contribution in [2.75, 3.05) is 0 Å². The summed E-state index contributed by atoms with van der Waals surface area (Å²) in [5.74, 6) is 0. The molecule has 65 heavy (non-hydrogen) atoms. The molecule has 5 aliphatic rings. The Balaban J connectivity index is 0.894. The van der Waals surface area contributed by atoms with Crippen molar-refractivity contribution < 1.29 is 0 Å². The maximum absolute atomic E-state index is 3.75. The van der Waals surface area contributed by atoms with E-state index in [1.165, 1.54) is 88.9 Å². The summed E-state index contributed by atoms with van der Waals surface area (Å²) in [6.45, 7) is 2.94. The summed E-state index contributed by atoms with van der Waals surface area (Å²) < 4.78 is 0. The zero-order chi connectivity index (χ0) is 43.4. The van der Waals surface area contributed by atoms with Gasteiger partial charge in [-0.05, 0) is 146 Å². The van der Waals surface area contributed by atoms with E-state index in [1.54, 1.807) is 5.57 Å². The summed E-state index contributed by atoms with van der Waals surface area (Å²) >= 11 is 0. The number of nitrogens with one attached hydrogen (secondary N) is 2. The van der Waals surface area contributed by atoms with E-state index < -0.39 is 5.54 Å². The van der Waals surface area contributed by atoms with Crippen LogP contribution in [-0.2, 0) is 17.5 Å². The van der Waals surface area contributed by atoms with Gasteiger partial charge in [-0.2, -0.15) is 0 Å². The average molecular weight is 840 g/mol. The van der Waals surface area contributed by atoms with Crippen molar-refractivity contribution in [3.63, 3.8) is 0 Å². The van der Waals surface area contributed by atoms with Crippen LogP contribution in [0.1, 0.15) is 66.8 Å². The van der Waals surface area contributed by atoms with Crippen LogP contribution in [0.15, 0.2) is 235 Å². The van der Waals surface area contributed by atoms with Crippen LogP contribution >= 0.6 is 0 Å². The molecule has 7 aromatic carbocycles. The minimum atomic E-state index is -0.452. The summed E-state index contributed by atoms with van der Waals surface area (Å²) in [5, 5.41) is 2.60. The quantitative estimate of drug-likeness (QED) is 0.142. The molecule has 0 amide bonds. The zero-order valence-electron chi connectivity index (χ0n) is 37.0. The molecule has 1 spiro atoms. The molecule has 1 heterocycles. The number of hydrogen-bond donors (Lipinski definition) is 2. The number of allylic oxidation sites excluding steroid dienone is 9. The predicted octanol–water partition coefficient (Wildman–Crippen LogP) is 14.4. The number of hydrazine groups is 1. The highest BCUT2D eigenvalue weighted by Crippen LogP contribution is 2.63. The number of hydrogen-bond acceptors (Lipinski definition) is 3. The highest BCUT2D eigenvalue weighted by Gasteiger charge is 2.54. The molecule has 316 valence electrons. The fourth-order valence-corrected chi connectivity index (χ4v) is 11.6. The molecule has 2 N–H and O–H groups in total. The highest BCUT2D eigenvalue weighted by molar-refractivity contribution is 5.97. The van der Waals surface area contributed by atoms with Gasteiger partial charge in [0, 0.05) is 17.9 Å². The Morgan fingerprint density at radius 2 is 1.23 bits per heavy atom. The van der Waals surface area contributed by atoms with Gasteiger partial charge in [0.15, 0.2) is 0 Å². The van der Waals surface area contributed by atoms with E-state index in [0.29, 0.717) is 12.6 Å². The standard InChI is InChI=1S/C62H53N3/c1-61(50-21-7-3-8-22-50,51-36-33-45(34-37-51)44-17-5-2-6-18-44)64-63-42-43-29-31-46(32-30-43)49-35-38-53-54-39-47-19-11-12-20-48(47)40-58(54)62(57(53)41-49)55-25-13-15-27-59(55)65(52-23-9-4-10-24-52)60-28-16-14-26-56(60)62/h2-13,16-23,25,28-41,52,63-64H,14-15,24,26-27,42H2,1H3. The maximum atomic E-state index is 3.75. The lowest BCUT2D eigenvalue weighted by molar-refractivity contribution is 0.326. The first-order chi connectivity index (χ1) is 32.1. The van der Waals surface area contributed by atoms with Crippen molar-refractivity contribution in [2.45, 2.75) is 62.6 Å². The number of rotatable bonds is 9. The molecule has 3 atom stereocenters. The summed E-state index contributed by atoms with van der Waals surface area (Å²) in [7, 11) is 0. The molecule has 4 aliphatic carbocycles. The molecule has 7 aromatic rings. The van der Waals surface area contributed by atoms with Crippen molar-refractivity contribution in [1.82, 2.24) is 15.8 Å². The van der Waals surface area contributed by atoms with Gasteiger partial charge in [0.2, 0.25) is 0 Å². The number of nitrogens with zero attached hydrogens (tertiary/aromatic N) is 1. The lowest BCUT2D eigenvalue weighted by Gasteiger charge is -2.50. The molecule has 0 fully saturated rings. The van der Waals surface area contributed by atoms with Gasteiger partial charge in [-0.3, -0.25) is 5.43 Å². The Kier molecular flexibility index (Phi) is 9.85. The Hall–Kier alpha value is -7.04. The smallest absolute Gasteiger partial charge is 0.0793 e. The Bertz CT molecular complexity index is 3150. The zero-order valence-corrected chi connectivity index (χ0v) is 37.0. The van der Waals surface area contributed by atoms with E-state index in [-0.39, 0.29) is 5.41 Å². The van der Waals surface area contributed by atoms with Gasteiger partial charge in [-0.15, -0.1) is 0 Å². The molecule has 3 nitrogen and oxygen atoms in total. The molecule has 0 saturated carbocycles. The largest absolute Gasteiger partial charge is 0.338 e. The van der Waals surface area contributed by atoms with Gasteiger partial charge in [-0.1, -0.05) is 188 Å². The van der Waals surface area contributed by atoms with E-state index in [4.69, 9.17) is 0 Å². The summed E-state index contributed by atoms with van der Waals surface area (Å²) in [4.78, 5) is 2.73. The molecule has 0 bridgehead atoms. The minimum Gasteiger partial charge on any atom is -0.338 e. The van der Waals surface area contributed by atoms with Crippen LogP contribution in [0.4, 0.5) is 0 Å². The fourth-order valence-electron chi connectivity index (χ4n) is 11.6. The van der Waals surface area contributed by atoms with Crippen LogP contribution in [-0.4, -0.2) is 10.9 Å². The topological polar surface area (TPSA) is 27.3 Å². The molecule has 3 unspecified atom stereocenters. The number of benzene rings is 7. The fraction of sp³-hybridized carbons (Fsp3) is 0.161. The lowest BCUT2D eigenvalue weighted by Crippen LogP contribution is -2.48. The van der Waals surface area contributed by atoms with Gasteiger partial charge >= 0.3 is 0 Å². The van der Waals surface area contributed by atoms with Gasteiger partial charge in [-0.25, -0.2) is 5.43 Å². The van der Waals surface area contributed by atoms with Crippen LogP contribution < -0.4 is 10.9 Å². The molecule has 0 radical (unpaired) electrons. The SMILES string of the molecule is CC(NNCc1ccc(-c2ccc3c(c2)C2(C4=C(CCC=C4)N(C4C=CC=CC4)C4=C2CCC=C4)c2cc4ccccc4cc2-3)cc1)(c1ccccc1)c1ccc(-c2ccccc2)cc1. The van der Waals surface area contributed by atoms with Crippen molar-refractivity contribution in [3.05, 3.63) is 263 Å². The molecule has 12 rings (SSSR count). The maximum Gasteiger partial charge on any atom is 0.0793 e. The van der Waals surface area contributed by atoms with Crippen molar-refractivity contribution in [1.29, 1.82) is 0 Å². The Morgan fingerprint density at radius 3 is 2.02 bits per heavy atom. The monoisotopic (exact) mass is 839 g/mol. The van der Waals surface area contributed by atoms with Gasteiger partial charge in [0.05, 0.1) is 17.0 Å². The third-order valence-electron chi connectivity index (χ3n) is 14.8. The van der Waals surface area contributed by atoms with E-state index in [1.807, 2.05) is 0 Å². The molecule has 0 saturated heterocycles. The van der Waals surface area contributed by atoms with E-state index >= 15 is 0 Å². The van der Waals surface area contributed by atoms with Crippen LogP contribution in [0.2, 0.25) is 0 Å². The molecular weight excluding hydrogens is 787 g/mol. The van der Waals surface area contributed by atoms with E-state index in [2.05, 4.69) is 235 Å². The summed E-state index contributed by atoms with van der Waals surface area (Å²) in [5.41, 5.74) is 26.6. The van der Waals surface area contributed by atoms with Crippen molar-refractivity contribution in [2.24, 2.45) is 0 Å². The van der Waals surface area contributed by atoms with Crippen molar-refractivity contribution in [3.8, 4) is 33.4 Å². The normalized spacial score (nSPS) is 20.2. The van der Waals surface area contributed by atoms with E-state index in [0.717, 1.165) is 32.1 Å². The van der Waals surface area contributed by atoms with Crippen molar-refractivity contribution >= 4 is 10.8 Å². The molecular formula is C62H53N3. The van der Waals surface area contributed by atoms with Crippen LogP contribution in [0.5, 0.6) is 0 Å². The molecule has 1 aliphatic heterocycles. The first kappa shape index (κ1) is 39.5. The van der Waals surface area contributed by atoms with Crippen LogP contribution in [0, 0.1) is 0 Å². The van der Waals surface area contributed by atoms with E-state index in [9.17, 15) is 0 Å². The second kappa shape index (κ2) is 16.2. The second-order valence-electron chi connectivity index (χ2n) is 18.5. The second-order valence-corrected chi connectivity index (χ2v) is 18.5. The first-order valence-corrected chi connectivity index (χ1v) is 23.5. The van der Waals surface area contributed by atoms with Crippen LogP contribution in [0.25, 0.3) is 44.2 Å². The Labute approximate surface area is 383 Å². The van der Waals surface area contributed by atoms with Gasteiger partial charge in [0.25, 0.3) is 0 Å². The first-order valence-electron chi connectivity index (χ1n) is 23.5. The average Bonchev–Trinajstić information content (AvgIpc) is 3.65. The molecule has 0 aromatic heterocycles. The number of fused-ring (bicyclic) bond motifs is 8. The molecule has 3 heteroatoms. The van der Waals surface area contributed by atoms with Crippen LogP contribution in [0.3, 0.4) is 0 Å². The minimum absolute atomic E-state index is 0.312.